The van der Waals surface area contributed by atoms with Crippen molar-refractivity contribution < 1.29 is 4.74 Å². The van der Waals surface area contributed by atoms with E-state index in [1.165, 1.54) is 32.1 Å². The minimum absolute atomic E-state index is 0.339. The number of pyridine rings is 1. The molecule has 1 N–H and O–H groups in total. The molecule has 100 valence electrons. The zero-order chi connectivity index (χ0) is 12.8. The molecule has 2 rings (SSSR count). The zero-order valence-corrected chi connectivity index (χ0v) is 11.5. The van der Waals surface area contributed by atoms with Gasteiger partial charge in [0.25, 0.3) is 0 Å². The van der Waals surface area contributed by atoms with Crippen LogP contribution in [0.3, 0.4) is 0 Å². The van der Waals surface area contributed by atoms with Crippen molar-refractivity contribution in [2.24, 2.45) is 5.92 Å². The molecule has 0 radical (unpaired) electrons. The van der Waals surface area contributed by atoms with Crippen molar-refractivity contribution in [3.05, 3.63) is 24.0 Å². The standard InChI is InChI=1S/C15H24N2O/c1-3-16-14(12-8-5-4-6-9-12)15-13(18-2)10-7-11-17-15/h7,10-12,14,16H,3-6,8-9H2,1-2H3. The summed E-state index contributed by atoms with van der Waals surface area (Å²) in [5.74, 6) is 1.61. The summed E-state index contributed by atoms with van der Waals surface area (Å²) in [6.45, 7) is 3.13. The number of hydrogen-bond acceptors (Lipinski definition) is 3. The van der Waals surface area contributed by atoms with Crippen molar-refractivity contribution in [3.63, 3.8) is 0 Å². The predicted octanol–water partition coefficient (Wildman–Crippen LogP) is 3.32. The van der Waals surface area contributed by atoms with Crippen molar-refractivity contribution in [2.45, 2.75) is 45.1 Å². The van der Waals surface area contributed by atoms with E-state index in [-0.39, 0.29) is 0 Å². The molecule has 1 heterocycles. The summed E-state index contributed by atoms with van der Waals surface area (Å²) in [6.07, 6.45) is 8.55. The van der Waals surface area contributed by atoms with Gasteiger partial charge in [-0.15, -0.1) is 0 Å². The number of ether oxygens (including phenoxy) is 1. The Morgan fingerprint density at radius 2 is 2.17 bits per heavy atom. The van der Waals surface area contributed by atoms with E-state index in [4.69, 9.17) is 4.74 Å². The summed E-state index contributed by atoms with van der Waals surface area (Å²) in [5.41, 5.74) is 1.08. The number of rotatable bonds is 5. The molecule has 0 aliphatic heterocycles. The van der Waals surface area contributed by atoms with Gasteiger partial charge in [0.05, 0.1) is 18.8 Å². The highest BCUT2D eigenvalue weighted by atomic mass is 16.5. The van der Waals surface area contributed by atoms with Crippen LogP contribution in [-0.2, 0) is 0 Å². The third-order valence-corrected chi connectivity index (χ3v) is 3.86. The molecule has 18 heavy (non-hydrogen) atoms. The molecule has 3 heteroatoms. The Bertz CT molecular complexity index is 361. The largest absolute Gasteiger partial charge is 0.495 e. The van der Waals surface area contributed by atoms with Gasteiger partial charge in [-0.2, -0.15) is 0 Å². The van der Waals surface area contributed by atoms with E-state index in [9.17, 15) is 0 Å². The van der Waals surface area contributed by atoms with Crippen molar-refractivity contribution in [1.82, 2.24) is 10.3 Å². The Kier molecular flexibility index (Phi) is 5.00. The Morgan fingerprint density at radius 3 is 2.83 bits per heavy atom. The molecule has 1 aromatic heterocycles. The smallest absolute Gasteiger partial charge is 0.141 e. The van der Waals surface area contributed by atoms with Crippen LogP contribution in [0, 0.1) is 5.92 Å². The maximum atomic E-state index is 5.46. The zero-order valence-electron chi connectivity index (χ0n) is 11.5. The number of nitrogens with zero attached hydrogens (tertiary/aromatic N) is 1. The normalized spacial score (nSPS) is 18.6. The second-order valence-electron chi connectivity index (χ2n) is 5.02. The molecule has 1 aliphatic rings. The van der Waals surface area contributed by atoms with E-state index >= 15 is 0 Å². The van der Waals surface area contributed by atoms with Crippen LogP contribution < -0.4 is 10.1 Å². The maximum absolute atomic E-state index is 5.46. The van der Waals surface area contributed by atoms with E-state index in [1.54, 1.807) is 7.11 Å². The Balaban J connectivity index is 2.22. The summed E-state index contributed by atoms with van der Waals surface area (Å²) < 4.78 is 5.46. The topological polar surface area (TPSA) is 34.2 Å². The Hall–Kier alpha value is -1.09. The molecule has 3 nitrogen and oxygen atoms in total. The summed E-state index contributed by atoms with van der Waals surface area (Å²) in [7, 11) is 1.73. The molecule has 1 atom stereocenters. The van der Waals surface area contributed by atoms with Gasteiger partial charge in [0.2, 0.25) is 0 Å². The van der Waals surface area contributed by atoms with Crippen molar-refractivity contribution in [2.75, 3.05) is 13.7 Å². The molecule has 0 aromatic carbocycles. The summed E-state index contributed by atoms with van der Waals surface area (Å²) >= 11 is 0. The first-order valence-corrected chi connectivity index (χ1v) is 7.09. The molecule has 1 fully saturated rings. The first kappa shape index (κ1) is 13.3. The van der Waals surface area contributed by atoms with E-state index in [0.717, 1.165) is 18.0 Å². The van der Waals surface area contributed by atoms with Gasteiger partial charge >= 0.3 is 0 Å². The Morgan fingerprint density at radius 1 is 1.39 bits per heavy atom. The van der Waals surface area contributed by atoms with Gasteiger partial charge in [0, 0.05) is 6.20 Å². The molecule has 0 bridgehead atoms. The minimum atomic E-state index is 0.339. The second-order valence-corrected chi connectivity index (χ2v) is 5.02. The van der Waals surface area contributed by atoms with Gasteiger partial charge in [0.1, 0.15) is 5.75 Å². The van der Waals surface area contributed by atoms with E-state index in [1.807, 2.05) is 18.3 Å². The molecular weight excluding hydrogens is 224 g/mol. The van der Waals surface area contributed by atoms with Gasteiger partial charge in [-0.1, -0.05) is 26.2 Å². The Labute approximate surface area is 110 Å². The van der Waals surface area contributed by atoms with E-state index in [2.05, 4.69) is 17.2 Å². The van der Waals surface area contributed by atoms with E-state index in [0.29, 0.717) is 12.0 Å². The highest BCUT2D eigenvalue weighted by Gasteiger charge is 2.27. The molecule has 0 amide bonds. The lowest BCUT2D eigenvalue weighted by atomic mass is 9.82. The van der Waals surface area contributed by atoms with Crippen LogP contribution in [0.25, 0.3) is 0 Å². The van der Waals surface area contributed by atoms with Crippen LogP contribution in [0.5, 0.6) is 5.75 Å². The van der Waals surface area contributed by atoms with Gasteiger partial charge in [0.15, 0.2) is 0 Å². The fourth-order valence-electron chi connectivity index (χ4n) is 2.98. The summed E-state index contributed by atoms with van der Waals surface area (Å²) in [5, 5.41) is 3.60. The van der Waals surface area contributed by atoms with Crippen LogP contribution in [0.15, 0.2) is 18.3 Å². The van der Waals surface area contributed by atoms with E-state index < -0.39 is 0 Å². The number of hydrogen-bond donors (Lipinski definition) is 1. The predicted molar refractivity (Wildman–Crippen MR) is 73.8 cm³/mol. The van der Waals surface area contributed by atoms with Gasteiger partial charge in [-0.25, -0.2) is 0 Å². The molecule has 0 saturated heterocycles. The first-order chi connectivity index (χ1) is 8.86. The SMILES string of the molecule is CCNC(c1ncccc1OC)C1CCCCC1. The van der Waals surface area contributed by atoms with Crippen LogP contribution in [-0.4, -0.2) is 18.6 Å². The summed E-state index contributed by atoms with van der Waals surface area (Å²) in [6, 6.07) is 4.29. The monoisotopic (exact) mass is 248 g/mol. The second kappa shape index (κ2) is 6.74. The third-order valence-electron chi connectivity index (χ3n) is 3.86. The lowest BCUT2D eigenvalue weighted by molar-refractivity contribution is 0.264. The fourth-order valence-corrected chi connectivity index (χ4v) is 2.98. The maximum Gasteiger partial charge on any atom is 0.141 e. The molecule has 1 unspecified atom stereocenters. The van der Waals surface area contributed by atoms with Crippen LogP contribution in [0.2, 0.25) is 0 Å². The van der Waals surface area contributed by atoms with Gasteiger partial charge in [-0.05, 0) is 37.4 Å². The molecule has 1 aromatic rings. The number of methoxy groups -OCH3 is 1. The molecule has 1 saturated carbocycles. The van der Waals surface area contributed by atoms with Gasteiger partial charge in [-0.3, -0.25) is 4.98 Å². The first-order valence-electron chi connectivity index (χ1n) is 7.09. The van der Waals surface area contributed by atoms with Crippen LogP contribution >= 0.6 is 0 Å². The fraction of sp³-hybridized carbons (Fsp3) is 0.667. The highest BCUT2D eigenvalue weighted by Crippen LogP contribution is 2.36. The average Bonchev–Trinajstić information content (AvgIpc) is 2.46. The van der Waals surface area contributed by atoms with Crippen LogP contribution in [0.1, 0.15) is 50.8 Å². The number of nitrogens with one attached hydrogen (secondary N) is 1. The van der Waals surface area contributed by atoms with Gasteiger partial charge < -0.3 is 10.1 Å². The van der Waals surface area contributed by atoms with Crippen molar-refractivity contribution in [3.8, 4) is 5.75 Å². The quantitative estimate of drug-likeness (QED) is 0.868. The number of aromatic nitrogens is 1. The van der Waals surface area contributed by atoms with Crippen molar-refractivity contribution in [1.29, 1.82) is 0 Å². The molecule has 1 aliphatic carbocycles. The van der Waals surface area contributed by atoms with Crippen LogP contribution in [0.4, 0.5) is 0 Å². The lowest BCUT2D eigenvalue weighted by Crippen LogP contribution is -2.30. The summed E-state index contributed by atoms with van der Waals surface area (Å²) in [4.78, 5) is 4.56. The average molecular weight is 248 g/mol. The molecule has 0 spiro atoms. The third kappa shape index (κ3) is 3.02. The minimum Gasteiger partial charge on any atom is -0.495 e. The highest BCUT2D eigenvalue weighted by molar-refractivity contribution is 5.30. The van der Waals surface area contributed by atoms with Crippen molar-refractivity contribution >= 4 is 0 Å². The lowest BCUT2D eigenvalue weighted by Gasteiger charge is -2.31. The molecular formula is C15H24N2O.